The fraction of sp³-hybridized carbons (Fsp3) is 0. The summed E-state index contributed by atoms with van der Waals surface area (Å²) in [7, 11) is 0. The van der Waals surface area contributed by atoms with Gasteiger partial charge in [0.2, 0.25) is 0 Å². The van der Waals surface area contributed by atoms with Crippen LogP contribution in [0.4, 0.5) is 11.4 Å². The van der Waals surface area contributed by atoms with Gasteiger partial charge in [0.1, 0.15) is 22.3 Å². The molecule has 0 aliphatic rings. The predicted molar refractivity (Wildman–Crippen MR) is 106 cm³/mol. The molecule has 0 aliphatic carbocycles. The first-order valence-corrected chi connectivity index (χ1v) is 8.49. The number of furan rings is 1. The number of nitrogens with zero attached hydrogens (tertiary/aromatic N) is 3. The molecule has 0 saturated carbocycles. The molecule has 0 unspecified atom stereocenters. The summed E-state index contributed by atoms with van der Waals surface area (Å²) in [6.07, 6.45) is 1.15. The van der Waals surface area contributed by atoms with Gasteiger partial charge in [-0.2, -0.15) is 5.10 Å². The van der Waals surface area contributed by atoms with Gasteiger partial charge in [0, 0.05) is 23.8 Å². The maximum Gasteiger partial charge on any atom is 0.288 e. The van der Waals surface area contributed by atoms with Crippen LogP contribution in [0.3, 0.4) is 0 Å². The van der Waals surface area contributed by atoms with Crippen LogP contribution in [-0.4, -0.2) is 27.1 Å². The van der Waals surface area contributed by atoms with E-state index in [4.69, 9.17) is 16.0 Å². The van der Waals surface area contributed by atoms with Gasteiger partial charge in [-0.1, -0.05) is 11.6 Å². The SMILES string of the molecule is O=C(N/N=C\c1ccc(-c2ccc(Cl)c([N+](=O)[O-])c2)o1)c1cc([N+](=O)[O-])ccc1O. The number of nitrogens with one attached hydrogen (secondary N) is 1. The van der Waals surface area contributed by atoms with Crippen molar-refractivity contribution in [2.75, 3.05) is 0 Å². The molecule has 0 spiro atoms. The zero-order chi connectivity index (χ0) is 21.8. The van der Waals surface area contributed by atoms with Crippen LogP contribution in [0.5, 0.6) is 5.75 Å². The van der Waals surface area contributed by atoms with Crippen molar-refractivity contribution in [2.45, 2.75) is 0 Å². The fourth-order valence-corrected chi connectivity index (χ4v) is 2.60. The van der Waals surface area contributed by atoms with Crippen LogP contribution in [0, 0.1) is 20.2 Å². The van der Waals surface area contributed by atoms with Gasteiger partial charge in [-0.25, -0.2) is 5.43 Å². The number of nitro benzene ring substituents is 2. The highest BCUT2D eigenvalue weighted by Gasteiger charge is 2.17. The Morgan fingerprint density at radius 3 is 2.57 bits per heavy atom. The number of hydrogen-bond donors (Lipinski definition) is 2. The normalized spacial score (nSPS) is 10.8. The van der Waals surface area contributed by atoms with Crippen LogP contribution in [0.1, 0.15) is 16.1 Å². The van der Waals surface area contributed by atoms with Crippen LogP contribution < -0.4 is 5.43 Å². The van der Waals surface area contributed by atoms with Crippen molar-refractivity contribution >= 4 is 35.1 Å². The Kier molecular flexibility index (Phi) is 5.74. The third kappa shape index (κ3) is 4.42. The Morgan fingerprint density at radius 2 is 1.87 bits per heavy atom. The molecule has 0 bridgehead atoms. The Hall–Kier alpha value is -4.25. The molecule has 3 rings (SSSR count). The second-order valence-corrected chi connectivity index (χ2v) is 6.19. The fourth-order valence-electron chi connectivity index (χ4n) is 2.42. The van der Waals surface area contributed by atoms with Crippen LogP contribution in [0.25, 0.3) is 11.3 Å². The summed E-state index contributed by atoms with van der Waals surface area (Å²) in [4.78, 5) is 32.5. The van der Waals surface area contributed by atoms with Crippen LogP contribution in [-0.2, 0) is 0 Å². The highest BCUT2D eigenvalue weighted by molar-refractivity contribution is 6.32. The van der Waals surface area contributed by atoms with Crippen LogP contribution >= 0.6 is 11.6 Å². The van der Waals surface area contributed by atoms with E-state index in [1.165, 1.54) is 18.2 Å². The molecule has 0 fully saturated rings. The van der Waals surface area contributed by atoms with E-state index < -0.39 is 21.5 Å². The van der Waals surface area contributed by atoms with Crippen LogP contribution in [0.15, 0.2) is 58.0 Å². The Labute approximate surface area is 172 Å². The lowest BCUT2D eigenvalue weighted by Gasteiger charge is -2.02. The number of non-ortho nitro benzene ring substituents is 1. The molecule has 3 aromatic rings. The largest absolute Gasteiger partial charge is 0.507 e. The first kappa shape index (κ1) is 20.5. The molecule has 1 heterocycles. The summed E-state index contributed by atoms with van der Waals surface area (Å²) in [6, 6.07) is 10.2. The Bertz CT molecular complexity index is 1190. The van der Waals surface area contributed by atoms with E-state index in [1.807, 2.05) is 0 Å². The van der Waals surface area contributed by atoms with Gasteiger partial charge in [-0.05, 0) is 30.3 Å². The van der Waals surface area contributed by atoms with Crippen molar-refractivity contribution in [3.05, 3.63) is 85.1 Å². The predicted octanol–water partition coefficient (Wildman–Crippen LogP) is 3.89. The van der Waals surface area contributed by atoms with Gasteiger partial charge in [-0.3, -0.25) is 25.0 Å². The number of aromatic hydroxyl groups is 1. The lowest BCUT2D eigenvalue weighted by Crippen LogP contribution is -2.17. The van der Waals surface area contributed by atoms with E-state index >= 15 is 0 Å². The number of hydrogen-bond acceptors (Lipinski definition) is 8. The summed E-state index contributed by atoms with van der Waals surface area (Å²) in [5.41, 5.74) is 1.57. The zero-order valence-corrected chi connectivity index (χ0v) is 15.6. The molecule has 0 atom stereocenters. The van der Waals surface area contributed by atoms with Crippen molar-refractivity contribution in [1.82, 2.24) is 5.43 Å². The average molecular weight is 431 g/mol. The molecule has 0 aliphatic heterocycles. The lowest BCUT2D eigenvalue weighted by molar-refractivity contribution is -0.385. The smallest absolute Gasteiger partial charge is 0.288 e. The zero-order valence-electron chi connectivity index (χ0n) is 14.8. The summed E-state index contributed by atoms with van der Waals surface area (Å²) in [5.74, 6) is -0.796. The van der Waals surface area contributed by atoms with Gasteiger partial charge < -0.3 is 9.52 Å². The number of phenolic OH excluding ortho intramolecular Hbond substituents is 1. The molecule has 152 valence electrons. The van der Waals surface area contributed by atoms with E-state index in [2.05, 4.69) is 10.5 Å². The standard InChI is InChI=1S/C18H11ClN4O7/c19-14-4-1-10(7-15(14)23(28)29)17-6-3-12(30-17)9-20-21-18(25)13-8-11(22(26)27)2-5-16(13)24/h1-9,24H,(H,21,25)/b20-9-. The van der Waals surface area contributed by atoms with E-state index in [9.17, 15) is 30.1 Å². The van der Waals surface area contributed by atoms with Crippen molar-refractivity contribution in [1.29, 1.82) is 0 Å². The maximum absolute atomic E-state index is 12.1. The number of rotatable bonds is 6. The number of phenols is 1. The molecule has 0 radical (unpaired) electrons. The number of nitro groups is 2. The molecule has 1 amide bonds. The van der Waals surface area contributed by atoms with Gasteiger partial charge >= 0.3 is 0 Å². The molecule has 2 N–H and O–H groups in total. The van der Waals surface area contributed by atoms with Crippen molar-refractivity contribution < 1.29 is 24.2 Å². The molecule has 11 nitrogen and oxygen atoms in total. The maximum atomic E-state index is 12.1. The quantitative estimate of drug-likeness (QED) is 0.340. The monoisotopic (exact) mass is 430 g/mol. The number of halogens is 1. The lowest BCUT2D eigenvalue weighted by atomic mass is 10.1. The second kappa shape index (κ2) is 8.41. The Balaban J connectivity index is 1.73. The third-order valence-electron chi connectivity index (χ3n) is 3.85. The molecule has 30 heavy (non-hydrogen) atoms. The Morgan fingerprint density at radius 1 is 1.10 bits per heavy atom. The van der Waals surface area contributed by atoms with Gasteiger partial charge in [0.15, 0.2) is 0 Å². The topological polar surface area (TPSA) is 161 Å². The number of carbonyl (C=O) groups is 1. The number of hydrazone groups is 1. The molecular formula is C18H11ClN4O7. The first-order chi connectivity index (χ1) is 14.3. The highest BCUT2D eigenvalue weighted by atomic mass is 35.5. The summed E-state index contributed by atoms with van der Waals surface area (Å²) >= 11 is 5.78. The summed E-state index contributed by atoms with van der Waals surface area (Å²) in [6.45, 7) is 0. The van der Waals surface area contributed by atoms with Gasteiger partial charge in [-0.15, -0.1) is 0 Å². The highest BCUT2D eigenvalue weighted by Crippen LogP contribution is 2.31. The average Bonchev–Trinajstić information content (AvgIpc) is 3.17. The molecule has 1 aromatic heterocycles. The molecule has 12 heteroatoms. The van der Waals surface area contributed by atoms with Gasteiger partial charge in [0.05, 0.1) is 21.6 Å². The third-order valence-corrected chi connectivity index (χ3v) is 4.17. The van der Waals surface area contributed by atoms with E-state index in [1.54, 1.807) is 12.1 Å². The van der Waals surface area contributed by atoms with Crippen LogP contribution in [0.2, 0.25) is 5.02 Å². The first-order valence-electron chi connectivity index (χ1n) is 8.11. The minimum atomic E-state index is -0.868. The molecule has 0 saturated heterocycles. The summed E-state index contributed by atoms with van der Waals surface area (Å²) in [5, 5.41) is 35.1. The number of carbonyl (C=O) groups excluding carboxylic acids is 1. The van der Waals surface area contributed by atoms with Crippen molar-refractivity contribution in [2.24, 2.45) is 5.10 Å². The van der Waals surface area contributed by atoms with Gasteiger partial charge in [0.25, 0.3) is 17.3 Å². The minimum absolute atomic E-state index is 0.00999. The van der Waals surface area contributed by atoms with E-state index in [-0.39, 0.29) is 27.7 Å². The molecule has 2 aromatic carbocycles. The number of amides is 1. The number of benzene rings is 2. The second-order valence-electron chi connectivity index (χ2n) is 5.78. The van der Waals surface area contributed by atoms with E-state index in [0.717, 1.165) is 24.4 Å². The minimum Gasteiger partial charge on any atom is -0.507 e. The molecular weight excluding hydrogens is 420 g/mol. The van der Waals surface area contributed by atoms with E-state index in [0.29, 0.717) is 11.3 Å². The van der Waals surface area contributed by atoms with Crippen molar-refractivity contribution in [3.63, 3.8) is 0 Å². The summed E-state index contributed by atoms with van der Waals surface area (Å²) < 4.78 is 5.50. The van der Waals surface area contributed by atoms with Crippen molar-refractivity contribution in [3.8, 4) is 17.1 Å².